The molecule has 4 rings (SSSR count). The van der Waals surface area contributed by atoms with Gasteiger partial charge in [0.15, 0.2) is 0 Å². The Kier molecular flexibility index (Phi) is 7.24. The van der Waals surface area contributed by atoms with Gasteiger partial charge in [0.25, 0.3) is 0 Å². The predicted octanol–water partition coefficient (Wildman–Crippen LogP) is 4.60. The van der Waals surface area contributed by atoms with Crippen LogP contribution in [0.25, 0.3) is 0 Å². The van der Waals surface area contributed by atoms with Crippen molar-refractivity contribution in [3.8, 4) is 0 Å². The molecule has 0 aliphatic carbocycles. The third kappa shape index (κ3) is 6.16. The van der Waals surface area contributed by atoms with Crippen LogP contribution in [0.15, 0.2) is 60.7 Å². The lowest BCUT2D eigenvalue weighted by Crippen LogP contribution is -2.46. The van der Waals surface area contributed by atoms with Crippen LogP contribution in [0.5, 0.6) is 0 Å². The van der Waals surface area contributed by atoms with E-state index in [9.17, 15) is 5.11 Å². The van der Waals surface area contributed by atoms with E-state index in [2.05, 4.69) is 77.4 Å². The maximum absolute atomic E-state index is 11.2. The van der Waals surface area contributed by atoms with Gasteiger partial charge in [0.05, 0.1) is 5.60 Å². The number of benzene rings is 2. The molecule has 2 aliphatic rings. The van der Waals surface area contributed by atoms with E-state index in [0.29, 0.717) is 5.92 Å². The summed E-state index contributed by atoms with van der Waals surface area (Å²) in [5.41, 5.74) is 2.33. The van der Waals surface area contributed by atoms with Crippen molar-refractivity contribution < 1.29 is 5.11 Å². The first-order chi connectivity index (χ1) is 14.6. The molecule has 2 aromatic carbocycles. The second kappa shape index (κ2) is 10.1. The minimum Gasteiger partial charge on any atom is -0.390 e. The Morgan fingerprint density at radius 1 is 0.900 bits per heavy atom. The van der Waals surface area contributed by atoms with E-state index >= 15 is 0 Å². The minimum absolute atomic E-state index is 0.473. The molecule has 2 fully saturated rings. The van der Waals surface area contributed by atoms with Crippen molar-refractivity contribution in [3.05, 3.63) is 71.8 Å². The number of nitrogens with zero attached hydrogens (tertiary/aromatic N) is 2. The molecule has 30 heavy (non-hydrogen) atoms. The summed E-state index contributed by atoms with van der Waals surface area (Å²) in [5.74, 6) is 1.29. The van der Waals surface area contributed by atoms with Crippen molar-refractivity contribution in [3.63, 3.8) is 0 Å². The molecule has 0 bridgehead atoms. The highest BCUT2D eigenvalue weighted by atomic mass is 16.3. The van der Waals surface area contributed by atoms with Crippen molar-refractivity contribution in [2.75, 3.05) is 32.7 Å². The predicted molar refractivity (Wildman–Crippen MR) is 124 cm³/mol. The lowest BCUT2D eigenvalue weighted by atomic mass is 9.81. The van der Waals surface area contributed by atoms with Crippen LogP contribution < -0.4 is 0 Å². The van der Waals surface area contributed by atoms with Gasteiger partial charge in [0.1, 0.15) is 0 Å². The number of hydrogen-bond donors (Lipinski definition) is 1. The summed E-state index contributed by atoms with van der Waals surface area (Å²) in [6.45, 7) is 9.08. The van der Waals surface area contributed by atoms with Gasteiger partial charge >= 0.3 is 0 Å². The van der Waals surface area contributed by atoms with Crippen LogP contribution in [0.3, 0.4) is 0 Å². The number of rotatable bonds is 8. The fraction of sp³-hybridized carbons (Fsp3) is 0.556. The lowest BCUT2D eigenvalue weighted by molar-refractivity contribution is -0.0397. The van der Waals surface area contributed by atoms with E-state index in [4.69, 9.17) is 0 Å². The van der Waals surface area contributed by atoms with E-state index in [1.807, 2.05) is 0 Å². The Morgan fingerprint density at radius 2 is 1.53 bits per heavy atom. The molecule has 2 saturated heterocycles. The molecule has 0 radical (unpaired) electrons. The third-order valence-corrected chi connectivity index (χ3v) is 7.08. The van der Waals surface area contributed by atoms with Gasteiger partial charge in [-0.25, -0.2) is 0 Å². The van der Waals surface area contributed by atoms with Crippen LogP contribution in [0.2, 0.25) is 0 Å². The van der Waals surface area contributed by atoms with Crippen molar-refractivity contribution >= 4 is 0 Å². The van der Waals surface area contributed by atoms with Gasteiger partial charge < -0.3 is 10.0 Å². The SMILES string of the molecule is CC(Cc1ccccc1)CC1(O)CCN(CC2CCN(Cc3ccccc3)C2)CC1. The smallest absolute Gasteiger partial charge is 0.0674 e. The average molecular weight is 407 g/mol. The minimum atomic E-state index is -0.473. The highest BCUT2D eigenvalue weighted by Gasteiger charge is 2.35. The van der Waals surface area contributed by atoms with E-state index in [-0.39, 0.29) is 0 Å². The second-order valence-electron chi connectivity index (χ2n) is 9.90. The highest BCUT2D eigenvalue weighted by molar-refractivity contribution is 5.15. The summed E-state index contributed by atoms with van der Waals surface area (Å²) in [5, 5.41) is 11.2. The Balaban J connectivity index is 1.18. The van der Waals surface area contributed by atoms with Crippen LogP contribution in [0.1, 0.15) is 43.7 Å². The Labute approximate surface area is 182 Å². The van der Waals surface area contributed by atoms with Gasteiger partial charge in [0.2, 0.25) is 0 Å². The summed E-state index contributed by atoms with van der Waals surface area (Å²) >= 11 is 0. The van der Waals surface area contributed by atoms with Crippen LogP contribution in [-0.2, 0) is 13.0 Å². The Bertz CT molecular complexity index is 755. The number of piperidine rings is 1. The quantitative estimate of drug-likeness (QED) is 0.694. The first-order valence-corrected chi connectivity index (χ1v) is 11.8. The molecule has 0 spiro atoms. The Morgan fingerprint density at radius 3 is 2.20 bits per heavy atom. The molecule has 2 atom stereocenters. The Hall–Kier alpha value is -1.68. The summed E-state index contributed by atoms with van der Waals surface area (Å²) in [6, 6.07) is 21.5. The van der Waals surface area contributed by atoms with Crippen LogP contribution >= 0.6 is 0 Å². The van der Waals surface area contributed by atoms with Crippen molar-refractivity contribution in [1.82, 2.24) is 9.80 Å². The molecule has 0 aromatic heterocycles. The molecule has 2 heterocycles. The first kappa shape index (κ1) is 21.5. The molecule has 2 aromatic rings. The van der Waals surface area contributed by atoms with Crippen molar-refractivity contribution in [2.24, 2.45) is 11.8 Å². The zero-order valence-electron chi connectivity index (χ0n) is 18.5. The summed E-state index contributed by atoms with van der Waals surface area (Å²) in [7, 11) is 0. The molecule has 0 amide bonds. The largest absolute Gasteiger partial charge is 0.390 e. The van der Waals surface area contributed by atoms with Crippen LogP contribution in [0, 0.1) is 11.8 Å². The zero-order valence-corrected chi connectivity index (χ0v) is 18.5. The topological polar surface area (TPSA) is 26.7 Å². The summed E-state index contributed by atoms with van der Waals surface area (Å²) in [6.07, 6.45) is 5.14. The standard InChI is InChI=1S/C27H38N2O/c1-23(18-24-8-4-2-5-9-24)19-27(30)13-16-28(17-14-27)21-26-12-15-29(22-26)20-25-10-6-3-7-11-25/h2-11,23,26,30H,12-22H2,1H3. The number of aliphatic hydroxyl groups is 1. The van der Waals surface area contributed by atoms with Gasteiger partial charge in [-0.05, 0) is 61.6 Å². The van der Waals surface area contributed by atoms with E-state index in [1.165, 1.54) is 37.2 Å². The zero-order chi connectivity index (χ0) is 20.8. The second-order valence-corrected chi connectivity index (χ2v) is 9.90. The van der Waals surface area contributed by atoms with Gasteiger partial charge in [-0.2, -0.15) is 0 Å². The monoisotopic (exact) mass is 406 g/mol. The molecule has 1 N–H and O–H groups in total. The first-order valence-electron chi connectivity index (χ1n) is 11.8. The molecule has 162 valence electrons. The fourth-order valence-corrected chi connectivity index (χ4v) is 5.51. The lowest BCUT2D eigenvalue weighted by Gasteiger charge is -2.40. The van der Waals surface area contributed by atoms with Crippen molar-refractivity contribution in [2.45, 2.75) is 51.2 Å². The number of hydrogen-bond acceptors (Lipinski definition) is 3. The maximum Gasteiger partial charge on any atom is 0.0674 e. The van der Waals surface area contributed by atoms with E-state index < -0.39 is 5.60 Å². The summed E-state index contributed by atoms with van der Waals surface area (Å²) < 4.78 is 0. The van der Waals surface area contributed by atoms with Crippen LogP contribution in [0.4, 0.5) is 0 Å². The molecule has 2 unspecified atom stereocenters. The van der Waals surface area contributed by atoms with Gasteiger partial charge in [-0.1, -0.05) is 67.6 Å². The highest BCUT2D eigenvalue weighted by Crippen LogP contribution is 2.31. The third-order valence-electron chi connectivity index (χ3n) is 7.08. The maximum atomic E-state index is 11.2. The molecule has 2 aliphatic heterocycles. The fourth-order valence-electron chi connectivity index (χ4n) is 5.51. The van der Waals surface area contributed by atoms with Crippen LogP contribution in [-0.4, -0.2) is 53.2 Å². The molecular weight excluding hydrogens is 368 g/mol. The molecule has 3 heteroatoms. The molecule has 3 nitrogen and oxygen atoms in total. The van der Waals surface area contributed by atoms with Gasteiger partial charge in [0, 0.05) is 32.7 Å². The average Bonchev–Trinajstić information content (AvgIpc) is 3.18. The molecule has 0 saturated carbocycles. The van der Waals surface area contributed by atoms with Gasteiger partial charge in [-0.15, -0.1) is 0 Å². The van der Waals surface area contributed by atoms with Crippen molar-refractivity contribution in [1.29, 1.82) is 0 Å². The summed E-state index contributed by atoms with van der Waals surface area (Å²) in [4.78, 5) is 5.21. The number of likely N-dealkylation sites (tertiary alicyclic amines) is 2. The van der Waals surface area contributed by atoms with Gasteiger partial charge in [-0.3, -0.25) is 4.90 Å². The van der Waals surface area contributed by atoms with E-state index in [1.54, 1.807) is 0 Å². The molecular formula is C27H38N2O. The normalized spacial score (nSPS) is 23.5. The van der Waals surface area contributed by atoms with E-state index in [0.717, 1.165) is 51.2 Å².